The molecule has 1 N–H and O–H groups in total. The molecule has 1 heterocycles. The van der Waals surface area contributed by atoms with Crippen molar-refractivity contribution in [2.75, 3.05) is 20.1 Å². The van der Waals surface area contributed by atoms with Crippen molar-refractivity contribution in [3.8, 4) is 0 Å². The van der Waals surface area contributed by atoms with E-state index in [9.17, 15) is 4.39 Å². The molecule has 1 atom stereocenters. The van der Waals surface area contributed by atoms with E-state index in [1.807, 2.05) is 13.1 Å². The Morgan fingerprint density at radius 1 is 1.21 bits per heavy atom. The standard InChI is InChI=1S/C16H25FN2/c1-16(2,19-10-5-4-6-11-19)15(18-3)13-8-7-9-14(17)12-13/h7-9,12,15,18H,4-6,10-11H2,1-3H3. The average Bonchev–Trinajstić information content (AvgIpc) is 2.40. The monoisotopic (exact) mass is 264 g/mol. The van der Waals surface area contributed by atoms with Crippen LogP contribution in [-0.2, 0) is 0 Å². The average molecular weight is 264 g/mol. The predicted octanol–water partition coefficient (Wildman–Crippen LogP) is 3.35. The largest absolute Gasteiger partial charge is 0.311 e. The fraction of sp³-hybridized carbons (Fsp3) is 0.625. The number of halogens is 1. The zero-order valence-electron chi connectivity index (χ0n) is 12.2. The lowest BCUT2D eigenvalue weighted by atomic mass is 9.85. The number of likely N-dealkylation sites (tertiary alicyclic amines) is 1. The van der Waals surface area contributed by atoms with Crippen LogP contribution >= 0.6 is 0 Å². The first-order valence-electron chi connectivity index (χ1n) is 7.23. The minimum atomic E-state index is -0.160. The lowest BCUT2D eigenvalue weighted by molar-refractivity contribution is 0.0632. The van der Waals surface area contributed by atoms with Gasteiger partial charge in [0.05, 0.1) is 0 Å². The quantitative estimate of drug-likeness (QED) is 0.897. The predicted molar refractivity (Wildman–Crippen MR) is 77.7 cm³/mol. The number of piperidine rings is 1. The molecule has 0 saturated carbocycles. The Morgan fingerprint density at radius 3 is 2.47 bits per heavy atom. The zero-order valence-corrected chi connectivity index (χ0v) is 12.2. The first-order valence-corrected chi connectivity index (χ1v) is 7.23. The molecule has 1 unspecified atom stereocenters. The molecular formula is C16H25FN2. The Balaban J connectivity index is 2.24. The molecule has 1 fully saturated rings. The molecule has 0 aliphatic carbocycles. The van der Waals surface area contributed by atoms with Crippen molar-refractivity contribution in [2.24, 2.45) is 0 Å². The molecular weight excluding hydrogens is 239 g/mol. The van der Waals surface area contributed by atoms with Crippen molar-refractivity contribution in [1.29, 1.82) is 0 Å². The molecule has 1 aliphatic heterocycles. The lowest BCUT2D eigenvalue weighted by Crippen LogP contribution is -2.53. The maximum Gasteiger partial charge on any atom is 0.123 e. The van der Waals surface area contributed by atoms with Crippen molar-refractivity contribution in [3.63, 3.8) is 0 Å². The molecule has 1 aromatic rings. The van der Waals surface area contributed by atoms with Crippen LogP contribution < -0.4 is 5.32 Å². The fourth-order valence-electron chi connectivity index (χ4n) is 3.27. The van der Waals surface area contributed by atoms with Gasteiger partial charge in [0.1, 0.15) is 5.82 Å². The topological polar surface area (TPSA) is 15.3 Å². The normalized spacial score (nSPS) is 19.4. The second-order valence-corrected chi connectivity index (χ2v) is 5.98. The number of nitrogens with zero attached hydrogens (tertiary/aromatic N) is 1. The summed E-state index contributed by atoms with van der Waals surface area (Å²) >= 11 is 0. The zero-order chi connectivity index (χ0) is 13.9. The molecule has 1 saturated heterocycles. The molecule has 2 rings (SSSR count). The van der Waals surface area contributed by atoms with Crippen molar-refractivity contribution in [1.82, 2.24) is 10.2 Å². The van der Waals surface area contributed by atoms with Gasteiger partial charge in [-0.05, 0) is 64.5 Å². The Labute approximate surface area is 116 Å². The highest BCUT2D eigenvalue weighted by molar-refractivity contribution is 5.23. The van der Waals surface area contributed by atoms with Crippen LogP contribution in [0, 0.1) is 5.82 Å². The van der Waals surface area contributed by atoms with E-state index in [-0.39, 0.29) is 17.4 Å². The molecule has 3 heteroatoms. The lowest BCUT2D eigenvalue weighted by Gasteiger charge is -2.46. The van der Waals surface area contributed by atoms with Gasteiger partial charge in [-0.2, -0.15) is 0 Å². The van der Waals surface area contributed by atoms with E-state index in [4.69, 9.17) is 0 Å². The molecule has 19 heavy (non-hydrogen) atoms. The third-order valence-electron chi connectivity index (χ3n) is 4.35. The summed E-state index contributed by atoms with van der Waals surface area (Å²) in [7, 11) is 1.96. The highest BCUT2D eigenvalue weighted by Crippen LogP contribution is 2.33. The SMILES string of the molecule is CNC(c1cccc(F)c1)C(C)(C)N1CCCCC1. The third-order valence-corrected chi connectivity index (χ3v) is 4.35. The summed E-state index contributed by atoms with van der Waals surface area (Å²) in [6.07, 6.45) is 3.86. The molecule has 0 amide bonds. The van der Waals surface area contributed by atoms with Crippen molar-refractivity contribution in [2.45, 2.75) is 44.7 Å². The van der Waals surface area contributed by atoms with Gasteiger partial charge in [-0.15, -0.1) is 0 Å². The maximum absolute atomic E-state index is 13.5. The highest BCUT2D eigenvalue weighted by Gasteiger charge is 2.36. The summed E-state index contributed by atoms with van der Waals surface area (Å²) in [5.41, 5.74) is 1.02. The van der Waals surface area contributed by atoms with E-state index >= 15 is 0 Å². The Hall–Kier alpha value is -0.930. The van der Waals surface area contributed by atoms with Crippen LogP contribution in [0.5, 0.6) is 0 Å². The van der Waals surface area contributed by atoms with Crippen LogP contribution in [0.4, 0.5) is 4.39 Å². The summed E-state index contributed by atoms with van der Waals surface area (Å²) in [5.74, 6) is -0.160. The first-order chi connectivity index (χ1) is 9.05. The molecule has 1 aromatic carbocycles. The van der Waals surface area contributed by atoms with E-state index < -0.39 is 0 Å². The number of rotatable bonds is 4. The summed E-state index contributed by atoms with van der Waals surface area (Å²) in [4.78, 5) is 2.53. The number of likely N-dealkylation sites (N-methyl/N-ethyl adjacent to an activating group) is 1. The number of benzene rings is 1. The van der Waals surface area contributed by atoms with E-state index in [2.05, 4.69) is 24.1 Å². The maximum atomic E-state index is 13.5. The minimum Gasteiger partial charge on any atom is -0.311 e. The van der Waals surface area contributed by atoms with Crippen LogP contribution in [0.25, 0.3) is 0 Å². The van der Waals surface area contributed by atoms with Crippen molar-refractivity contribution >= 4 is 0 Å². The Morgan fingerprint density at radius 2 is 1.89 bits per heavy atom. The van der Waals surface area contributed by atoms with Crippen molar-refractivity contribution < 1.29 is 4.39 Å². The highest BCUT2D eigenvalue weighted by atomic mass is 19.1. The van der Waals surface area contributed by atoms with Crippen LogP contribution in [0.3, 0.4) is 0 Å². The molecule has 106 valence electrons. The Bertz CT molecular complexity index is 411. The number of nitrogens with one attached hydrogen (secondary N) is 1. The van der Waals surface area contributed by atoms with Crippen LogP contribution in [0.15, 0.2) is 24.3 Å². The van der Waals surface area contributed by atoms with Crippen LogP contribution in [0.2, 0.25) is 0 Å². The molecule has 0 radical (unpaired) electrons. The smallest absolute Gasteiger partial charge is 0.123 e. The van der Waals surface area contributed by atoms with Crippen molar-refractivity contribution in [3.05, 3.63) is 35.6 Å². The van der Waals surface area contributed by atoms with E-state index in [0.29, 0.717) is 0 Å². The van der Waals surface area contributed by atoms with Gasteiger partial charge in [0.2, 0.25) is 0 Å². The van der Waals surface area contributed by atoms with Gasteiger partial charge >= 0.3 is 0 Å². The summed E-state index contributed by atoms with van der Waals surface area (Å²) < 4.78 is 13.5. The van der Waals surface area contributed by atoms with Gasteiger partial charge in [-0.1, -0.05) is 18.6 Å². The molecule has 0 bridgehead atoms. The van der Waals surface area contributed by atoms with Gasteiger partial charge in [-0.25, -0.2) is 4.39 Å². The van der Waals surface area contributed by atoms with Gasteiger partial charge in [0.15, 0.2) is 0 Å². The fourth-order valence-corrected chi connectivity index (χ4v) is 3.27. The van der Waals surface area contributed by atoms with Gasteiger partial charge < -0.3 is 5.32 Å². The van der Waals surface area contributed by atoms with Gasteiger partial charge in [0, 0.05) is 11.6 Å². The second-order valence-electron chi connectivity index (χ2n) is 5.98. The number of hydrogen-bond donors (Lipinski definition) is 1. The summed E-state index contributed by atoms with van der Waals surface area (Å²) in [5, 5.41) is 3.37. The molecule has 2 nitrogen and oxygen atoms in total. The van der Waals surface area contributed by atoms with Crippen LogP contribution in [0.1, 0.15) is 44.7 Å². The van der Waals surface area contributed by atoms with E-state index in [1.165, 1.54) is 25.3 Å². The van der Waals surface area contributed by atoms with Crippen LogP contribution in [-0.4, -0.2) is 30.6 Å². The molecule has 0 aromatic heterocycles. The molecule has 0 spiro atoms. The van der Waals surface area contributed by atoms with Gasteiger partial charge in [0.25, 0.3) is 0 Å². The number of hydrogen-bond acceptors (Lipinski definition) is 2. The summed E-state index contributed by atoms with van der Waals surface area (Å²) in [6.45, 7) is 6.79. The van der Waals surface area contributed by atoms with E-state index in [0.717, 1.165) is 18.7 Å². The first kappa shape index (κ1) is 14.5. The minimum absolute atomic E-state index is 0.0109. The molecule has 1 aliphatic rings. The second kappa shape index (κ2) is 6.02. The van der Waals surface area contributed by atoms with Gasteiger partial charge in [-0.3, -0.25) is 4.90 Å². The third kappa shape index (κ3) is 3.15. The Kier molecular flexibility index (Phi) is 4.58. The summed E-state index contributed by atoms with van der Waals surface area (Å²) in [6, 6.07) is 7.09. The van der Waals surface area contributed by atoms with E-state index in [1.54, 1.807) is 12.1 Å².